The monoisotopic (exact) mass is 207 g/mol. The van der Waals surface area contributed by atoms with E-state index < -0.39 is 0 Å². The van der Waals surface area contributed by atoms with E-state index in [2.05, 4.69) is 43.0 Å². The Morgan fingerprint density at radius 1 is 1.06 bits per heavy atom. The molecule has 0 spiro atoms. The predicted octanol–water partition coefficient (Wildman–Crippen LogP) is 3.35. The van der Waals surface area contributed by atoms with Gasteiger partial charge >= 0.3 is 0 Å². The van der Waals surface area contributed by atoms with E-state index in [0.717, 1.165) is 16.8 Å². The van der Waals surface area contributed by atoms with Crippen molar-refractivity contribution in [3.63, 3.8) is 0 Å². The molecule has 0 amide bonds. The maximum atomic E-state index is 5.30. The van der Waals surface area contributed by atoms with Gasteiger partial charge in [-0.3, -0.25) is 4.98 Å². The highest BCUT2D eigenvalue weighted by atomic mass is 14.7. The van der Waals surface area contributed by atoms with Crippen LogP contribution in [0, 0.1) is 26.2 Å². The molecule has 0 atom stereocenters. The van der Waals surface area contributed by atoms with Crippen LogP contribution in [-0.4, -0.2) is 4.98 Å². The second kappa shape index (κ2) is 4.20. The zero-order chi connectivity index (χ0) is 11.5. The fourth-order valence-electron chi connectivity index (χ4n) is 1.77. The van der Waals surface area contributed by atoms with E-state index >= 15 is 0 Å². The first-order valence-corrected chi connectivity index (χ1v) is 5.20. The number of pyridine rings is 1. The molecule has 1 nitrogen and oxygen atoms in total. The largest absolute Gasteiger partial charge is 0.255 e. The number of aryl methyl sites for hydroxylation is 2. The van der Waals surface area contributed by atoms with Crippen LogP contribution in [0.3, 0.4) is 0 Å². The number of hydrogen-bond acceptors (Lipinski definition) is 1. The molecule has 0 bridgehead atoms. The number of terminal acetylenes is 1. The van der Waals surface area contributed by atoms with Crippen molar-refractivity contribution >= 4 is 0 Å². The Balaban J connectivity index is 2.47. The maximum absolute atomic E-state index is 5.30. The van der Waals surface area contributed by atoms with Crippen LogP contribution < -0.4 is 0 Å². The summed E-state index contributed by atoms with van der Waals surface area (Å²) in [5.41, 5.74) is 5.41. The van der Waals surface area contributed by atoms with Crippen LogP contribution in [-0.2, 0) is 0 Å². The summed E-state index contributed by atoms with van der Waals surface area (Å²) in [6.45, 7) is 4.18. The summed E-state index contributed by atoms with van der Waals surface area (Å²) < 4.78 is 0. The average Bonchev–Trinajstić information content (AvgIpc) is 2.28. The number of hydrogen-bond donors (Lipinski definition) is 0. The van der Waals surface area contributed by atoms with Gasteiger partial charge in [0.05, 0.1) is 5.69 Å². The van der Waals surface area contributed by atoms with E-state index in [1.165, 1.54) is 11.1 Å². The summed E-state index contributed by atoms with van der Waals surface area (Å²) in [5.74, 6) is 2.57. The molecule has 0 aliphatic carbocycles. The number of rotatable bonds is 1. The Hall–Kier alpha value is -2.07. The van der Waals surface area contributed by atoms with Crippen LogP contribution in [0.2, 0.25) is 0 Å². The Kier molecular flexibility index (Phi) is 2.74. The third-order valence-electron chi connectivity index (χ3n) is 2.45. The third kappa shape index (κ3) is 2.12. The summed E-state index contributed by atoms with van der Waals surface area (Å²) in [4.78, 5) is 4.36. The predicted molar refractivity (Wildman–Crippen MR) is 67.1 cm³/mol. The molecule has 0 radical (unpaired) electrons. The molecule has 0 aliphatic rings. The van der Waals surface area contributed by atoms with Gasteiger partial charge in [0.2, 0.25) is 0 Å². The van der Waals surface area contributed by atoms with Gasteiger partial charge < -0.3 is 0 Å². The zero-order valence-corrected chi connectivity index (χ0v) is 9.49. The van der Waals surface area contributed by atoms with Crippen LogP contribution in [0.1, 0.15) is 16.7 Å². The van der Waals surface area contributed by atoms with Crippen LogP contribution >= 0.6 is 0 Å². The molecule has 1 heterocycles. The molecule has 16 heavy (non-hydrogen) atoms. The van der Waals surface area contributed by atoms with Gasteiger partial charge in [0.1, 0.15) is 0 Å². The van der Waals surface area contributed by atoms with Crippen molar-refractivity contribution in [3.05, 3.63) is 53.2 Å². The van der Waals surface area contributed by atoms with Gasteiger partial charge in [0, 0.05) is 17.3 Å². The topological polar surface area (TPSA) is 12.9 Å². The van der Waals surface area contributed by atoms with E-state index in [4.69, 9.17) is 6.42 Å². The highest BCUT2D eigenvalue weighted by Gasteiger charge is 2.00. The molecular formula is C15H13N. The van der Waals surface area contributed by atoms with Gasteiger partial charge in [0.15, 0.2) is 0 Å². The van der Waals surface area contributed by atoms with E-state index in [0.29, 0.717) is 0 Å². The van der Waals surface area contributed by atoms with Gasteiger partial charge in [0.25, 0.3) is 0 Å². The number of aromatic nitrogens is 1. The lowest BCUT2D eigenvalue weighted by atomic mass is 10.0. The Labute approximate surface area is 96.2 Å². The molecule has 0 aliphatic heterocycles. The van der Waals surface area contributed by atoms with E-state index in [1.807, 2.05) is 12.1 Å². The smallest absolute Gasteiger partial charge is 0.0703 e. The Morgan fingerprint density at radius 2 is 1.75 bits per heavy atom. The van der Waals surface area contributed by atoms with Crippen molar-refractivity contribution in [3.8, 4) is 23.6 Å². The highest BCUT2D eigenvalue weighted by Crippen LogP contribution is 2.20. The fourth-order valence-corrected chi connectivity index (χ4v) is 1.77. The molecule has 0 fully saturated rings. The molecular weight excluding hydrogens is 194 g/mol. The summed E-state index contributed by atoms with van der Waals surface area (Å²) in [7, 11) is 0. The normalized spacial score (nSPS) is 9.81. The second-order valence-corrected chi connectivity index (χ2v) is 3.95. The molecule has 78 valence electrons. The van der Waals surface area contributed by atoms with E-state index in [-0.39, 0.29) is 0 Å². The first kappa shape index (κ1) is 10.4. The lowest BCUT2D eigenvalue weighted by molar-refractivity contribution is 1.29. The number of nitrogens with zero attached hydrogens (tertiary/aromatic N) is 1. The highest BCUT2D eigenvalue weighted by molar-refractivity contribution is 5.61. The molecule has 0 saturated heterocycles. The minimum atomic E-state index is 0.813. The van der Waals surface area contributed by atoms with Crippen molar-refractivity contribution in [2.45, 2.75) is 13.8 Å². The van der Waals surface area contributed by atoms with Gasteiger partial charge in [-0.15, -0.1) is 6.42 Å². The maximum Gasteiger partial charge on any atom is 0.0703 e. The van der Waals surface area contributed by atoms with Crippen LogP contribution in [0.25, 0.3) is 11.3 Å². The standard InChI is InChI=1S/C15H13N/c1-4-13-5-6-15(16-10-13)14-8-11(2)7-12(3)9-14/h1,5-10H,2-3H3. The molecule has 1 aromatic heterocycles. The number of benzene rings is 1. The van der Waals surface area contributed by atoms with Gasteiger partial charge in [-0.1, -0.05) is 23.1 Å². The minimum Gasteiger partial charge on any atom is -0.255 e. The average molecular weight is 207 g/mol. The molecule has 0 unspecified atom stereocenters. The van der Waals surface area contributed by atoms with Crippen molar-refractivity contribution in [2.75, 3.05) is 0 Å². The van der Waals surface area contributed by atoms with Gasteiger partial charge in [-0.05, 0) is 38.1 Å². The second-order valence-electron chi connectivity index (χ2n) is 3.95. The van der Waals surface area contributed by atoms with Crippen molar-refractivity contribution in [1.82, 2.24) is 4.98 Å². The molecule has 0 saturated carbocycles. The first-order chi connectivity index (χ1) is 7.69. The van der Waals surface area contributed by atoms with E-state index in [1.54, 1.807) is 6.20 Å². The quantitative estimate of drug-likeness (QED) is 0.653. The first-order valence-electron chi connectivity index (χ1n) is 5.20. The lowest BCUT2D eigenvalue weighted by Gasteiger charge is -2.04. The molecule has 0 N–H and O–H groups in total. The fraction of sp³-hybridized carbons (Fsp3) is 0.133. The lowest BCUT2D eigenvalue weighted by Crippen LogP contribution is -1.87. The van der Waals surface area contributed by atoms with E-state index in [9.17, 15) is 0 Å². The molecule has 1 heteroatoms. The van der Waals surface area contributed by atoms with Gasteiger partial charge in [-0.2, -0.15) is 0 Å². The summed E-state index contributed by atoms with van der Waals surface area (Å²) in [6.07, 6.45) is 7.03. The third-order valence-corrected chi connectivity index (χ3v) is 2.45. The van der Waals surface area contributed by atoms with Crippen LogP contribution in [0.5, 0.6) is 0 Å². The summed E-state index contributed by atoms with van der Waals surface area (Å²) >= 11 is 0. The summed E-state index contributed by atoms with van der Waals surface area (Å²) in [6, 6.07) is 10.3. The summed E-state index contributed by atoms with van der Waals surface area (Å²) in [5, 5.41) is 0. The SMILES string of the molecule is C#Cc1ccc(-c2cc(C)cc(C)c2)nc1. The zero-order valence-electron chi connectivity index (χ0n) is 9.49. The minimum absolute atomic E-state index is 0.813. The van der Waals surface area contributed by atoms with Crippen molar-refractivity contribution in [1.29, 1.82) is 0 Å². The molecule has 1 aromatic carbocycles. The molecule has 2 rings (SSSR count). The Bertz CT molecular complexity index is 524. The van der Waals surface area contributed by atoms with Crippen molar-refractivity contribution in [2.24, 2.45) is 0 Å². The molecule has 2 aromatic rings. The Morgan fingerprint density at radius 3 is 2.25 bits per heavy atom. The van der Waals surface area contributed by atoms with Crippen LogP contribution in [0.15, 0.2) is 36.5 Å². The van der Waals surface area contributed by atoms with Gasteiger partial charge in [-0.25, -0.2) is 0 Å². The van der Waals surface area contributed by atoms with Crippen molar-refractivity contribution < 1.29 is 0 Å². The van der Waals surface area contributed by atoms with Crippen LogP contribution in [0.4, 0.5) is 0 Å².